The molecule has 152 valence electrons. The summed E-state index contributed by atoms with van der Waals surface area (Å²) in [6.45, 7) is 6.00. The Morgan fingerprint density at radius 2 is 2.14 bits per heavy atom. The van der Waals surface area contributed by atoms with Crippen LogP contribution in [0.3, 0.4) is 0 Å². The van der Waals surface area contributed by atoms with Crippen LogP contribution in [0.4, 0.5) is 4.39 Å². The fraction of sp³-hybridized carbons (Fsp3) is 0.391. The van der Waals surface area contributed by atoms with Crippen LogP contribution in [-0.2, 0) is 22.5 Å². The Hall–Kier alpha value is -2.91. The van der Waals surface area contributed by atoms with Crippen LogP contribution >= 0.6 is 0 Å². The summed E-state index contributed by atoms with van der Waals surface area (Å²) in [6.07, 6.45) is 4.58. The van der Waals surface area contributed by atoms with Crippen molar-refractivity contribution in [1.29, 1.82) is 5.26 Å². The van der Waals surface area contributed by atoms with Gasteiger partial charge in [0.05, 0.1) is 6.10 Å². The van der Waals surface area contributed by atoms with Gasteiger partial charge in [-0.25, -0.2) is 4.39 Å². The van der Waals surface area contributed by atoms with Crippen molar-refractivity contribution >= 4 is 12.0 Å². The third-order valence-electron chi connectivity index (χ3n) is 5.30. The van der Waals surface area contributed by atoms with Gasteiger partial charge in [-0.15, -0.1) is 0 Å². The maximum atomic E-state index is 12.9. The SMILES string of the molecule is Cc1cc(/C=C(/C#N)C(=O)NCCc2ccc(F)cc2)c(C)n1CC1CCCO1. The number of ether oxygens (including phenoxy) is 1. The van der Waals surface area contributed by atoms with Crippen molar-refractivity contribution in [2.24, 2.45) is 0 Å². The molecule has 29 heavy (non-hydrogen) atoms. The number of rotatable bonds is 7. The Labute approximate surface area is 170 Å². The molecule has 1 unspecified atom stereocenters. The van der Waals surface area contributed by atoms with Crippen molar-refractivity contribution in [1.82, 2.24) is 9.88 Å². The van der Waals surface area contributed by atoms with Crippen LogP contribution in [0.1, 0.15) is 35.4 Å². The largest absolute Gasteiger partial charge is 0.376 e. The minimum Gasteiger partial charge on any atom is -0.376 e. The molecular formula is C23H26FN3O2. The first-order chi connectivity index (χ1) is 14.0. The third-order valence-corrected chi connectivity index (χ3v) is 5.30. The first kappa shape index (κ1) is 20.8. The molecule has 1 fully saturated rings. The van der Waals surface area contributed by atoms with Gasteiger partial charge in [-0.3, -0.25) is 4.79 Å². The normalized spacial score (nSPS) is 16.6. The van der Waals surface area contributed by atoms with Crippen LogP contribution < -0.4 is 5.32 Å². The summed E-state index contributed by atoms with van der Waals surface area (Å²) >= 11 is 0. The number of benzene rings is 1. The number of amides is 1. The lowest BCUT2D eigenvalue weighted by Crippen LogP contribution is -2.26. The van der Waals surface area contributed by atoms with E-state index >= 15 is 0 Å². The van der Waals surface area contributed by atoms with Gasteiger partial charge in [0, 0.05) is 31.1 Å². The molecule has 3 rings (SSSR count). The minimum absolute atomic E-state index is 0.0708. The monoisotopic (exact) mass is 395 g/mol. The topological polar surface area (TPSA) is 67.0 Å². The van der Waals surface area contributed by atoms with E-state index in [2.05, 4.69) is 9.88 Å². The summed E-state index contributed by atoms with van der Waals surface area (Å²) in [5, 5.41) is 12.2. The lowest BCUT2D eigenvalue weighted by atomic mass is 10.1. The molecule has 1 N–H and O–H groups in total. The van der Waals surface area contributed by atoms with Crippen molar-refractivity contribution in [3.63, 3.8) is 0 Å². The van der Waals surface area contributed by atoms with Gasteiger partial charge in [0.2, 0.25) is 0 Å². The summed E-state index contributed by atoms with van der Waals surface area (Å²) in [5.41, 5.74) is 3.96. The summed E-state index contributed by atoms with van der Waals surface area (Å²) in [7, 11) is 0. The van der Waals surface area contributed by atoms with E-state index in [9.17, 15) is 14.4 Å². The fourth-order valence-electron chi connectivity index (χ4n) is 3.62. The summed E-state index contributed by atoms with van der Waals surface area (Å²) in [4.78, 5) is 12.4. The van der Waals surface area contributed by atoms with E-state index in [-0.39, 0.29) is 17.5 Å². The predicted molar refractivity (Wildman–Crippen MR) is 110 cm³/mol. The van der Waals surface area contributed by atoms with E-state index in [4.69, 9.17) is 4.74 Å². The first-order valence-electron chi connectivity index (χ1n) is 9.90. The molecule has 2 heterocycles. The van der Waals surface area contributed by atoms with Crippen LogP contribution in [0.25, 0.3) is 6.08 Å². The number of hydrogen-bond donors (Lipinski definition) is 1. The van der Waals surface area contributed by atoms with Crippen LogP contribution in [0, 0.1) is 31.0 Å². The molecule has 1 aromatic carbocycles. The molecule has 1 aliphatic rings. The van der Waals surface area contributed by atoms with Crippen LogP contribution in [-0.4, -0.2) is 29.7 Å². The number of nitriles is 1. The summed E-state index contributed by atoms with van der Waals surface area (Å²) < 4.78 is 20.9. The molecule has 1 saturated heterocycles. The molecule has 0 aliphatic carbocycles. The van der Waals surface area contributed by atoms with E-state index in [1.807, 2.05) is 26.0 Å². The molecule has 5 nitrogen and oxygen atoms in total. The number of nitrogens with one attached hydrogen (secondary N) is 1. The van der Waals surface area contributed by atoms with Gasteiger partial charge in [-0.05, 0) is 68.5 Å². The average molecular weight is 395 g/mol. The molecule has 1 aromatic heterocycles. The molecular weight excluding hydrogens is 369 g/mol. The maximum Gasteiger partial charge on any atom is 0.261 e. The van der Waals surface area contributed by atoms with E-state index in [0.29, 0.717) is 13.0 Å². The molecule has 1 atom stereocenters. The van der Waals surface area contributed by atoms with Gasteiger partial charge in [-0.1, -0.05) is 12.1 Å². The summed E-state index contributed by atoms with van der Waals surface area (Å²) in [5.74, 6) is -0.692. The van der Waals surface area contributed by atoms with Crippen LogP contribution in [0.15, 0.2) is 35.9 Å². The van der Waals surface area contributed by atoms with E-state index in [1.54, 1.807) is 18.2 Å². The highest BCUT2D eigenvalue weighted by atomic mass is 19.1. The second-order valence-corrected chi connectivity index (χ2v) is 7.37. The van der Waals surface area contributed by atoms with Gasteiger partial charge >= 0.3 is 0 Å². The smallest absolute Gasteiger partial charge is 0.261 e. The Bertz CT molecular complexity index is 932. The number of carbonyl (C=O) groups is 1. The highest BCUT2D eigenvalue weighted by Crippen LogP contribution is 2.22. The highest BCUT2D eigenvalue weighted by molar-refractivity contribution is 6.01. The molecule has 0 saturated carbocycles. The summed E-state index contributed by atoms with van der Waals surface area (Å²) in [6, 6.07) is 10.2. The zero-order valence-corrected chi connectivity index (χ0v) is 16.9. The van der Waals surface area contributed by atoms with Crippen molar-refractivity contribution in [2.75, 3.05) is 13.2 Å². The van der Waals surface area contributed by atoms with Crippen molar-refractivity contribution in [3.05, 3.63) is 64.2 Å². The lowest BCUT2D eigenvalue weighted by Gasteiger charge is -2.14. The van der Waals surface area contributed by atoms with E-state index in [1.165, 1.54) is 12.1 Å². The van der Waals surface area contributed by atoms with Crippen LogP contribution in [0.2, 0.25) is 0 Å². The molecule has 6 heteroatoms. The quantitative estimate of drug-likeness (QED) is 0.574. The average Bonchev–Trinajstić information content (AvgIpc) is 3.31. The Kier molecular flexibility index (Phi) is 6.84. The molecule has 0 radical (unpaired) electrons. The van der Waals surface area contributed by atoms with Gasteiger partial charge in [0.15, 0.2) is 0 Å². The van der Waals surface area contributed by atoms with Gasteiger partial charge in [-0.2, -0.15) is 5.26 Å². The Balaban J connectivity index is 1.64. The minimum atomic E-state index is -0.404. The number of hydrogen-bond acceptors (Lipinski definition) is 3. The number of carbonyl (C=O) groups excluding carboxylic acids is 1. The Morgan fingerprint density at radius 3 is 2.79 bits per heavy atom. The van der Waals surface area contributed by atoms with Crippen LogP contribution in [0.5, 0.6) is 0 Å². The van der Waals surface area contributed by atoms with Gasteiger partial charge < -0.3 is 14.6 Å². The highest BCUT2D eigenvalue weighted by Gasteiger charge is 2.19. The zero-order chi connectivity index (χ0) is 20.8. The van der Waals surface area contributed by atoms with E-state index < -0.39 is 5.91 Å². The number of aryl methyl sites for hydroxylation is 1. The van der Waals surface area contributed by atoms with Crippen molar-refractivity contribution in [2.45, 2.75) is 45.8 Å². The standard InChI is InChI=1S/C23H26FN3O2/c1-16-12-19(17(2)27(16)15-22-4-3-11-29-22)13-20(14-25)23(28)26-10-9-18-5-7-21(24)8-6-18/h5-8,12-13,22H,3-4,9-11,15H2,1-2H3,(H,26,28)/b20-13-. The molecule has 1 amide bonds. The van der Waals surface area contributed by atoms with Crippen molar-refractivity contribution < 1.29 is 13.9 Å². The molecule has 2 aromatic rings. The number of nitrogens with zero attached hydrogens (tertiary/aromatic N) is 2. The van der Waals surface area contributed by atoms with Crippen molar-refractivity contribution in [3.8, 4) is 6.07 Å². The van der Waals surface area contributed by atoms with Gasteiger partial charge in [0.1, 0.15) is 17.5 Å². The fourth-order valence-corrected chi connectivity index (χ4v) is 3.62. The molecule has 1 aliphatic heterocycles. The van der Waals surface area contributed by atoms with E-state index in [0.717, 1.165) is 48.5 Å². The molecule has 0 bridgehead atoms. The Morgan fingerprint density at radius 1 is 1.38 bits per heavy atom. The zero-order valence-electron chi connectivity index (χ0n) is 16.9. The van der Waals surface area contributed by atoms with Gasteiger partial charge in [0.25, 0.3) is 5.91 Å². The first-order valence-corrected chi connectivity index (χ1v) is 9.90. The maximum absolute atomic E-state index is 12.9. The third kappa shape index (κ3) is 5.33. The second kappa shape index (κ2) is 9.53. The second-order valence-electron chi connectivity index (χ2n) is 7.37. The number of halogens is 1. The molecule has 0 spiro atoms. The number of aromatic nitrogens is 1. The predicted octanol–water partition coefficient (Wildman–Crippen LogP) is 3.69. The lowest BCUT2D eigenvalue weighted by molar-refractivity contribution is -0.117.